The van der Waals surface area contributed by atoms with Gasteiger partial charge in [0.15, 0.2) is 11.5 Å². The molecule has 3 rings (SSSR count). The molecule has 0 fully saturated rings. The molecule has 0 saturated carbocycles. The quantitative estimate of drug-likeness (QED) is 0.269. The number of phenolic OH excluding ortho intramolecular Hbond substituents is 2. The lowest BCUT2D eigenvalue weighted by atomic mass is 10.2. The largest absolute Gasteiger partial charge is 0.504 e. The molecule has 29 heavy (non-hydrogen) atoms. The van der Waals surface area contributed by atoms with Crippen LogP contribution in [-0.2, 0) is 11.2 Å². The minimum atomic E-state index is -0.434. The molecule has 2 amide bonds. The SMILES string of the molecule is O=C(Cc1nnc(NC(=O)c2ccc(Cl)cc2)s1)N/N=C/c1ccc(O)c(O)c1. The van der Waals surface area contributed by atoms with E-state index >= 15 is 0 Å². The van der Waals surface area contributed by atoms with Crippen molar-refractivity contribution in [3.8, 4) is 11.5 Å². The van der Waals surface area contributed by atoms with Crippen LogP contribution in [0.3, 0.4) is 0 Å². The molecule has 0 bridgehead atoms. The number of aromatic hydroxyl groups is 2. The van der Waals surface area contributed by atoms with Crippen molar-refractivity contribution in [1.29, 1.82) is 0 Å². The fraction of sp³-hybridized carbons (Fsp3) is 0.0556. The molecule has 0 aliphatic heterocycles. The third-order valence-corrected chi connectivity index (χ3v) is 4.60. The fourth-order valence-corrected chi connectivity index (χ4v) is 2.98. The maximum Gasteiger partial charge on any atom is 0.257 e. The number of nitrogens with zero attached hydrogens (tertiary/aromatic N) is 3. The van der Waals surface area contributed by atoms with Crippen LogP contribution >= 0.6 is 22.9 Å². The van der Waals surface area contributed by atoms with E-state index in [4.69, 9.17) is 11.6 Å². The minimum absolute atomic E-state index is 0.0767. The van der Waals surface area contributed by atoms with Crippen LogP contribution in [0.5, 0.6) is 11.5 Å². The number of rotatable bonds is 6. The Balaban J connectivity index is 1.51. The zero-order chi connectivity index (χ0) is 20.8. The lowest BCUT2D eigenvalue weighted by Crippen LogP contribution is -2.19. The summed E-state index contributed by atoms with van der Waals surface area (Å²) < 4.78 is 0. The molecule has 1 aromatic heterocycles. The summed E-state index contributed by atoms with van der Waals surface area (Å²) in [6.45, 7) is 0. The summed E-state index contributed by atoms with van der Waals surface area (Å²) in [5, 5.41) is 33.9. The average Bonchev–Trinajstić information content (AvgIpc) is 3.11. The molecule has 4 N–H and O–H groups in total. The van der Waals surface area contributed by atoms with Crippen molar-refractivity contribution < 1.29 is 19.8 Å². The number of hydrogen-bond acceptors (Lipinski definition) is 8. The monoisotopic (exact) mass is 431 g/mol. The highest BCUT2D eigenvalue weighted by Gasteiger charge is 2.12. The van der Waals surface area contributed by atoms with Crippen LogP contribution in [0, 0.1) is 0 Å². The highest BCUT2D eigenvalue weighted by molar-refractivity contribution is 7.15. The molecule has 0 saturated heterocycles. The molecule has 0 aliphatic rings. The Bertz CT molecular complexity index is 1070. The van der Waals surface area contributed by atoms with Gasteiger partial charge in [-0.2, -0.15) is 5.10 Å². The standard InChI is InChI=1S/C18H14ClN5O4S/c19-12-4-2-11(3-5-12)17(28)21-18-24-23-16(29-18)8-15(27)22-20-9-10-1-6-13(25)14(26)7-10/h1-7,9,25-26H,8H2,(H,22,27)(H,21,24,28)/b20-9+. The molecule has 3 aromatic rings. The van der Waals surface area contributed by atoms with Gasteiger partial charge in [-0.1, -0.05) is 22.9 Å². The lowest BCUT2D eigenvalue weighted by molar-refractivity contribution is -0.120. The van der Waals surface area contributed by atoms with Crippen molar-refractivity contribution in [3.05, 3.63) is 63.6 Å². The molecule has 1 heterocycles. The molecule has 148 valence electrons. The summed E-state index contributed by atoms with van der Waals surface area (Å²) in [5.74, 6) is -1.34. The first-order chi connectivity index (χ1) is 13.9. The van der Waals surface area contributed by atoms with Crippen LogP contribution in [0.4, 0.5) is 5.13 Å². The van der Waals surface area contributed by atoms with Gasteiger partial charge >= 0.3 is 0 Å². The maximum atomic E-state index is 12.1. The topological polar surface area (TPSA) is 137 Å². The van der Waals surface area contributed by atoms with Crippen molar-refractivity contribution >= 4 is 46.1 Å². The van der Waals surface area contributed by atoms with E-state index in [-0.39, 0.29) is 29.0 Å². The van der Waals surface area contributed by atoms with Crippen molar-refractivity contribution in [3.63, 3.8) is 0 Å². The summed E-state index contributed by atoms with van der Waals surface area (Å²) in [7, 11) is 0. The van der Waals surface area contributed by atoms with E-state index in [1.54, 1.807) is 24.3 Å². The molecular formula is C18H14ClN5O4S. The van der Waals surface area contributed by atoms with Gasteiger partial charge in [0.1, 0.15) is 5.01 Å². The summed E-state index contributed by atoms with van der Waals surface area (Å²) in [6.07, 6.45) is 1.24. The van der Waals surface area contributed by atoms with Gasteiger partial charge in [-0.3, -0.25) is 14.9 Å². The third-order valence-electron chi connectivity index (χ3n) is 3.51. The van der Waals surface area contributed by atoms with Gasteiger partial charge < -0.3 is 10.2 Å². The Morgan fingerprint density at radius 3 is 2.59 bits per heavy atom. The molecule has 9 nitrogen and oxygen atoms in total. The van der Waals surface area contributed by atoms with Gasteiger partial charge in [0, 0.05) is 10.6 Å². The van der Waals surface area contributed by atoms with Crippen LogP contribution in [0.15, 0.2) is 47.6 Å². The zero-order valence-corrected chi connectivity index (χ0v) is 16.2. The van der Waals surface area contributed by atoms with Crippen LogP contribution in [0.2, 0.25) is 5.02 Å². The summed E-state index contributed by atoms with van der Waals surface area (Å²) in [4.78, 5) is 24.1. The van der Waals surface area contributed by atoms with Gasteiger partial charge in [0.2, 0.25) is 11.0 Å². The highest BCUT2D eigenvalue weighted by Crippen LogP contribution is 2.24. The Labute approximate surface area is 173 Å². The number of phenols is 2. The number of anilines is 1. The normalized spacial score (nSPS) is 10.8. The van der Waals surface area contributed by atoms with Crippen molar-refractivity contribution in [1.82, 2.24) is 15.6 Å². The summed E-state index contributed by atoms with van der Waals surface area (Å²) in [5.41, 5.74) is 3.23. The number of halogens is 1. The van der Waals surface area contributed by atoms with Gasteiger partial charge in [0.25, 0.3) is 5.91 Å². The number of nitrogens with one attached hydrogen (secondary N) is 2. The van der Waals surface area contributed by atoms with Gasteiger partial charge in [-0.25, -0.2) is 5.43 Å². The van der Waals surface area contributed by atoms with Crippen LogP contribution in [-0.4, -0.2) is 38.4 Å². The van der Waals surface area contributed by atoms with Gasteiger partial charge in [-0.15, -0.1) is 10.2 Å². The Morgan fingerprint density at radius 1 is 1.10 bits per heavy atom. The molecule has 0 atom stereocenters. The number of aromatic nitrogens is 2. The van der Waals surface area contributed by atoms with E-state index in [1.165, 1.54) is 24.4 Å². The number of amides is 2. The first-order valence-electron chi connectivity index (χ1n) is 8.14. The molecule has 2 aromatic carbocycles. The van der Waals surface area contributed by atoms with E-state index in [1.807, 2.05) is 0 Å². The van der Waals surface area contributed by atoms with Crippen LogP contribution in [0.1, 0.15) is 20.9 Å². The average molecular weight is 432 g/mol. The molecule has 0 unspecified atom stereocenters. The predicted molar refractivity (Wildman–Crippen MR) is 109 cm³/mol. The Kier molecular flexibility index (Phi) is 6.37. The van der Waals surface area contributed by atoms with Crippen molar-refractivity contribution in [2.45, 2.75) is 6.42 Å². The van der Waals surface area contributed by atoms with Gasteiger partial charge in [-0.05, 0) is 48.0 Å². The van der Waals surface area contributed by atoms with Crippen LogP contribution in [0.25, 0.3) is 0 Å². The molecule has 0 spiro atoms. The summed E-state index contributed by atoms with van der Waals surface area (Å²) >= 11 is 6.86. The van der Waals surface area contributed by atoms with E-state index in [0.717, 1.165) is 11.3 Å². The number of hydrazone groups is 1. The first-order valence-corrected chi connectivity index (χ1v) is 9.33. The predicted octanol–water partition coefficient (Wildman–Crippen LogP) is 2.55. The lowest BCUT2D eigenvalue weighted by Gasteiger charge is -2.00. The molecule has 11 heteroatoms. The smallest absolute Gasteiger partial charge is 0.257 e. The van der Waals surface area contributed by atoms with E-state index in [9.17, 15) is 19.8 Å². The fourth-order valence-electron chi connectivity index (χ4n) is 2.12. The second kappa shape index (κ2) is 9.13. The Morgan fingerprint density at radius 2 is 1.86 bits per heavy atom. The number of benzene rings is 2. The summed E-state index contributed by atoms with van der Waals surface area (Å²) in [6, 6.07) is 10.5. The second-order valence-electron chi connectivity index (χ2n) is 5.68. The van der Waals surface area contributed by atoms with Crippen molar-refractivity contribution in [2.24, 2.45) is 5.10 Å². The van der Waals surface area contributed by atoms with Crippen molar-refractivity contribution in [2.75, 3.05) is 5.32 Å². The van der Waals surface area contributed by atoms with E-state index in [2.05, 4.69) is 26.0 Å². The highest BCUT2D eigenvalue weighted by atomic mass is 35.5. The second-order valence-corrected chi connectivity index (χ2v) is 7.18. The number of carbonyl (C=O) groups excluding carboxylic acids is 2. The molecule has 0 radical (unpaired) electrons. The molecular weight excluding hydrogens is 418 g/mol. The minimum Gasteiger partial charge on any atom is -0.504 e. The number of hydrogen-bond donors (Lipinski definition) is 4. The van der Waals surface area contributed by atoms with E-state index in [0.29, 0.717) is 21.2 Å². The van der Waals surface area contributed by atoms with E-state index < -0.39 is 5.91 Å². The first kappa shape index (κ1) is 20.2. The maximum absolute atomic E-state index is 12.1. The zero-order valence-electron chi connectivity index (χ0n) is 14.7. The Hall–Kier alpha value is -3.50. The van der Waals surface area contributed by atoms with Crippen LogP contribution < -0.4 is 10.7 Å². The molecule has 0 aliphatic carbocycles. The number of carbonyl (C=O) groups is 2. The van der Waals surface area contributed by atoms with Gasteiger partial charge in [0.05, 0.1) is 12.6 Å². The third kappa shape index (κ3) is 5.74.